The van der Waals surface area contributed by atoms with Crippen LogP contribution in [0.25, 0.3) is 0 Å². The van der Waals surface area contributed by atoms with Gasteiger partial charge >= 0.3 is 0 Å². The van der Waals surface area contributed by atoms with E-state index in [2.05, 4.69) is 30.2 Å². The Morgan fingerprint density at radius 2 is 2.00 bits per heavy atom. The van der Waals surface area contributed by atoms with Gasteiger partial charge in [0.2, 0.25) is 0 Å². The third-order valence-corrected chi connectivity index (χ3v) is 3.51. The zero-order chi connectivity index (χ0) is 15.8. The molecule has 1 aromatic heterocycles. The molecule has 1 aromatic carbocycles. The summed E-state index contributed by atoms with van der Waals surface area (Å²) in [5, 5.41) is 17.1. The first kappa shape index (κ1) is 16.0. The van der Waals surface area contributed by atoms with Crippen LogP contribution in [-0.4, -0.2) is 21.6 Å². The van der Waals surface area contributed by atoms with Gasteiger partial charge in [0.1, 0.15) is 11.8 Å². The summed E-state index contributed by atoms with van der Waals surface area (Å²) in [4.78, 5) is 0. The van der Waals surface area contributed by atoms with Crippen LogP contribution in [0.4, 0.5) is 0 Å². The van der Waals surface area contributed by atoms with E-state index < -0.39 is 0 Å². The van der Waals surface area contributed by atoms with Crippen LogP contribution in [0.5, 0.6) is 5.75 Å². The Morgan fingerprint density at radius 3 is 2.68 bits per heavy atom. The number of ether oxygens (including phenoxy) is 1. The maximum atomic E-state index is 9.08. The Hall–Kier alpha value is -2.35. The van der Waals surface area contributed by atoms with Crippen molar-refractivity contribution in [3.8, 4) is 11.8 Å². The average molecular weight is 298 g/mol. The van der Waals surface area contributed by atoms with Gasteiger partial charge in [-0.2, -0.15) is 5.26 Å². The molecule has 0 radical (unpaired) electrons. The summed E-state index contributed by atoms with van der Waals surface area (Å²) in [6.07, 6.45) is 3.82. The third kappa shape index (κ3) is 4.32. The van der Waals surface area contributed by atoms with Gasteiger partial charge in [0.15, 0.2) is 5.69 Å². The molecule has 0 saturated heterocycles. The molecule has 0 unspecified atom stereocenters. The van der Waals surface area contributed by atoms with Crippen LogP contribution in [0.1, 0.15) is 43.1 Å². The quantitative estimate of drug-likeness (QED) is 0.702. The molecule has 2 rings (SSSR count). The van der Waals surface area contributed by atoms with Gasteiger partial charge in [0.25, 0.3) is 0 Å². The highest BCUT2D eigenvalue weighted by atomic mass is 16.5. The maximum Gasteiger partial charge on any atom is 0.185 e. The molecule has 5 heteroatoms. The van der Waals surface area contributed by atoms with Crippen molar-refractivity contribution in [2.45, 2.75) is 46.1 Å². The monoisotopic (exact) mass is 298 g/mol. The number of hydrogen-bond donors (Lipinski definition) is 0. The molecule has 2 aromatic rings. The van der Waals surface area contributed by atoms with Crippen molar-refractivity contribution in [3.63, 3.8) is 0 Å². The van der Waals surface area contributed by atoms with Gasteiger partial charge in [-0.15, -0.1) is 5.10 Å². The first-order chi connectivity index (χ1) is 10.7. The van der Waals surface area contributed by atoms with Crippen molar-refractivity contribution in [2.24, 2.45) is 0 Å². The molecule has 0 amide bonds. The summed E-state index contributed by atoms with van der Waals surface area (Å²) in [7, 11) is 0. The fraction of sp³-hybridized carbons (Fsp3) is 0.471. The van der Waals surface area contributed by atoms with E-state index in [9.17, 15) is 0 Å². The van der Waals surface area contributed by atoms with Crippen molar-refractivity contribution >= 4 is 0 Å². The molecule has 0 fully saturated rings. The number of rotatable bonds is 8. The average Bonchev–Trinajstić information content (AvgIpc) is 2.93. The second-order valence-electron chi connectivity index (χ2n) is 5.34. The molecular formula is C17H22N4O. The summed E-state index contributed by atoms with van der Waals surface area (Å²) in [6, 6.07) is 10.1. The summed E-state index contributed by atoms with van der Waals surface area (Å²) in [6.45, 7) is 5.53. The minimum absolute atomic E-state index is 0.452. The molecular weight excluding hydrogens is 276 g/mol. The smallest absolute Gasteiger partial charge is 0.185 e. The fourth-order valence-electron chi connectivity index (χ4n) is 2.23. The van der Waals surface area contributed by atoms with Crippen LogP contribution < -0.4 is 4.74 Å². The van der Waals surface area contributed by atoms with E-state index in [0.717, 1.165) is 43.7 Å². The van der Waals surface area contributed by atoms with Gasteiger partial charge in [-0.05, 0) is 31.9 Å². The highest BCUT2D eigenvalue weighted by Crippen LogP contribution is 2.13. The normalized spacial score (nSPS) is 10.4. The highest BCUT2D eigenvalue weighted by Gasteiger charge is 2.11. The Balaban J connectivity index is 1.85. The molecule has 0 spiro atoms. The number of unbranched alkanes of at least 4 members (excludes halogenated alkanes) is 1. The summed E-state index contributed by atoms with van der Waals surface area (Å²) in [5.41, 5.74) is 2.62. The van der Waals surface area contributed by atoms with Crippen molar-refractivity contribution < 1.29 is 4.74 Å². The number of benzene rings is 1. The molecule has 0 aliphatic carbocycles. The third-order valence-electron chi connectivity index (χ3n) is 3.51. The number of aromatic nitrogens is 3. The van der Waals surface area contributed by atoms with Crippen LogP contribution in [0.15, 0.2) is 24.3 Å². The van der Waals surface area contributed by atoms with E-state index >= 15 is 0 Å². The number of hydrogen-bond acceptors (Lipinski definition) is 4. The van der Waals surface area contributed by atoms with Crippen LogP contribution in [-0.2, 0) is 13.0 Å². The van der Waals surface area contributed by atoms with Gasteiger partial charge < -0.3 is 4.74 Å². The van der Waals surface area contributed by atoms with Gasteiger partial charge in [0.05, 0.1) is 12.3 Å². The lowest BCUT2D eigenvalue weighted by atomic mass is 10.1. The minimum Gasteiger partial charge on any atom is -0.494 e. The van der Waals surface area contributed by atoms with Crippen LogP contribution in [0.3, 0.4) is 0 Å². The summed E-state index contributed by atoms with van der Waals surface area (Å²) in [5.74, 6) is 0.883. The van der Waals surface area contributed by atoms with E-state index in [0.29, 0.717) is 12.3 Å². The zero-order valence-electron chi connectivity index (χ0n) is 13.2. The zero-order valence-corrected chi connectivity index (χ0v) is 13.2. The van der Waals surface area contributed by atoms with Gasteiger partial charge in [-0.3, -0.25) is 0 Å². The fourth-order valence-corrected chi connectivity index (χ4v) is 2.23. The molecule has 22 heavy (non-hydrogen) atoms. The first-order valence-electron chi connectivity index (χ1n) is 7.76. The molecule has 0 aliphatic heterocycles. The predicted molar refractivity (Wildman–Crippen MR) is 84.6 cm³/mol. The Labute approximate surface area is 131 Å². The molecule has 5 nitrogen and oxygen atoms in total. The Bertz CT molecular complexity index is 625. The molecule has 1 heterocycles. The number of nitrogens with zero attached hydrogens (tertiary/aromatic N) is 4. The van der Waals surface area contributed by atoms with Crippen molar-refractivity contribution in [1.82, 2.24) is 15.0 Å². The molecule has 0 bridgehead atoms. The van der Waals surface area contributed by atoms with E-state index in [1.807, 2.05) is 28.9 Å². The van der Waals surface area contributed by atoms with Crippen molar-refractivity contribution in [2.75, 3.05) is 6.61 Å². The molecule has 0 N–H and O–H groups in total. The van der Waals surface area contributed by atoms with E-state index in [-0.39, 0.29) is 0 Å². The lowest BCUT2D eigenvalue weighted by molar-refractivity contribution is 0.296. The van der Waals surface area contributed by atoms with Crippen LogP contribution >= 0.6 is 0 Å². The van der Waals surface area contributed by atoms with Crippen LogP contribution in [0.2, 0.25) is 0 Å². The molecule has 0 aliphatic rings. The molecule has 116 valence electrons. The lowest BCUT2D eigenvalue weighted by Gasteiger charge is -2.08. The second-order valence-corrected chi connectivity index (χ2v) is 5.34. The summed E-state index contributed by atoms with van der Waals surface area (Å²) < 4.78 is 7.55. The predicted octanol–water partition coefficient (Wildman–Crippen LogP) is 3.27. The number of aryl methyl sites for hydroxylation is 2. The lowest BCUT2D eigenvalue weighted by Crippen LogP contribution is -2.09. The van der Waals surface area contributed by atoms with Crippen molar-refractivity contribution in [3.05, 3.63) is 41.2 Å². The Morgan fingerprint density at radius 1 is 1.23 bits per heavy atom. The minimum atomic E-state index is 0.452. The van der Waals surface area contributed by atoms with Gasteiger partial charge in [0, 0.05) is 13.0 Å². The van der Waals surface area contributed by atoms with E-state index in [1.165, 1.54) is 5.56 Å². The highest BCUT2D eigenvalue weighted by molar-refractivity contribution is 5.26. The topological polar surface area (TPSA) is 63.7 Å². The largest absolute Gasteiger partial charge is 0.494 e. The number of nitriles is 1. The SMILES string of the molecule is CCCCc1c(C#N)nnn1CCCOc1ccc(C)cc1. The van der Waals surface area contributed by atoms with Gasteiger partial charge in [-0.1, -0.05) is 36.3 Å². The van der Waals surface area contributed by atoms with E-state index in [1.54, 1.807) is 0 Å². The summed E-state index contributed by atoms with van der Waals surface area (Å²) >= 11 is 0. The Kier molecular flexibility index (Phi) is 5.96. The van der Waals surface area contributed by atoms with Gasteiger partial charge in [-0.25, -0.2) is 4.68 Å². The maximum absolute atomic E-state index is 9.08. The molecule has 0 saturated carbocycles. The molecule has 0 atom stereocenters. The van der Waals surface area contributed by atoms with E-state index in [4.69, 9.17) is 10.00 Å². The first-order valence-corrected chi connectivity index (χ1v) is 7.76. The standard InChI is InChI=1S/C17H22N4O/c1-3-4-6-17-16(13-18)19-20-21(17)11-5-12-22-15-9-7-14(2)8-10-15/h7-10H,3-6,11-12H2,1-2H3. The second kappa shape index (κ2) is 8.18. The van der Waals surface area contributed by atoms with Crippen LogP contribution in [0, 0.1) is 18.3 Å². The van der Waals surface area contributed by atoms with Crippen molar-refractivity contribution in [1.29, 1.82) is 5.26 Å².